The fourth-order valence-electron chi connectivity index (χ4n) is 3.16. The molecule has 1 atom stereocenters. The summed E-state index contributed by atoms with van der Waals surface area (Å²) in [6.45, 7) is 1.88. The zero-order chi connectivity index (χ0) is 19.7. The second kappa shape index (κ2) is 7.44. The monoisotopic (exact) mass is 400 g/mol. The molecule has 2 aliphatic rings. The molecule has 0 aliphatic carbocycles. The summed E-state index contributed by atoms with van der Waals surface area (Å²) in [6.07, 6.45) is 0. The van der Waals surface area contributed by atoms with E-state index >= 15 is 0 Å². The topological polar surface area (TPSA) is 85.9 Å². The third-order valence-electron chi connectivity index (χ3n) is 4.51. The van der Waals surface area contributed by atoms with Gasteiger partial charge < -0.3 is 24.8 Å². The van der Waals surface area contributed by atoms with Crippen LogP contribution in [0.2, 0.25) is 5.02 Å². The van der Waals surface area contributed by atoms with Crippen LogP contribution in [0.3, 0.4) is 0 Å². The SMILES string of the molecule is CC1=C(C(=O)OCc2ccc3c(c2)OCO3)[C@H](c2ccccc2Cl)NC(=O)N1. The summed E-state index contributed by atoms with van der Waals surface area (Å²) in [5.74, 6) is 0.726. The van der Waals surface area contributed by atoms with Crippen molar-refractivity contribution in [2.24, 2.45) is 0 Å². The Hall–Kier alpha value is -3.19. The van der Waals surface area contributed by atoms with Crippen molar-refractivity contribution in [2.75, 3.05) is 6.79 Å². The minimum Gasteiger partial charge on any atom is -0.457 e. The number of hydrogen-bond acceptors (Lipinski definition) is 5. The van der Waals surface area contributed by atoms with Gasteiger partial charge in [0.1, 0.15) is 6.61 Å². The Morgan fingerprint density at radius 3 is 2.82 bits per heavy atom. The molecule has 2 aromatic carbocycles. The molecule has 2 aliphatic heterocycles. The zero-order valence-electron chi connectivity index (χ0n) is 15.0. The first-order chi connectivity index (χ1) is 13.5. The van der Waals surface area contributed by atoms with Crippen molar-refractivity contribution < 1.29 is 23.8 Å². The molecule has 2 amide bonds. The summed E-state index contributed by atoms with van der Waals surface area (Å²) < 4.78 is 16.1. The van der Waals surface area contributed by atoms with Gasteiger partial charge in [-0.05, 0) is 36.2 Å². The van der Waals surface area contributed by atoms with Crippen molar-refractivity contribution in [3.8, 4) is 11.5 Å². The fraction of sp³-hybridized carbons (Fsp3) is 0.200. The number of urea groups is 1. The highest BCUT2D eigenvalue weighted by Crippen LogP contribution is 2.34. The number of rotatable bonds is 4. The highest BCUT2D eigenvalue weighted by molar-refractivity contribution is 6.31. The number of amides is 2. The average Bonchev–Trinajstić information content (AvgIpc) is 3.13. The zero-order valence-corrected chi connectivity index (χ0v) is 15.7. The molecular weight excluding hydrogens is 384 g/mol. The summed E-state index contributed by atoms with van der Waals surface area (Å²) in [5.41, 5.74) is 2.10. The van der Waals surface area contributed by atoms with Crippen molar-refractivity contribution in [1.82, 2.24) is 10.6 Å². The van der Waals surface area contributed by atoms with Gasteiger partial charge >= 0.3 is 12.0 Å². The molecule has 0 fully saturated rings. The van der Waals surface area contributed by atoms with Crippen molar-refractivity contribution in [1.29, 1.82) is 0 Å². The van der Waals surface area contributed by atoms with Crippen LogP contribution in [0.1, 0.15) is 24.1 Å². The van der Waals surface area contributed by atoms with E-state index in [-0.39, 0.29) is 13.4 Å². The second-order valence-corrected chi connectivity index (χ2v) is 6.76. The largest absolute Gasteiger partial charge is 0.457 e. The van der Waals surface area contributed by atoms with Crippen LogP contribution in [0.5, 0.6) is 11.5 Å². The molecule has 8 heteroatoms. The lowest BCUT2D eigenvalue weighted by molar-refractivity contribution is -0.140. The molecule has 7 nitrogen and oxygen atoms in total. The van der Waals surface area contributed by atoms with Crippen LogP contribution in [-0.4, -0.2) is 18.8 Å². The molecule has 144 valence electrons. The highest BCUT2D eigenvalue weighted by Gasteiger charge is 2.33. The molecule has 2 heterocycles. The first-order valence-corrected chi connectivity index (χ1v) is 8.99. The number of nitrogens with one attached hydrogen (secondary N) is 2. The molecule has 0 saturated carbocycles. The van der Waals surface area contributed by atoms with Crippen LogP contribution < -0.4 is 20.1 Å². The molecule has 0 radical (unpaired) electrons. The maximum absolute atomic E-state index is 12.8. The summed E-state index contributed by atoms with van der Waals surface area (Å²) >= 11 is 6.28. The lowest BCUT2D eigenvalue weighted by Gasteiger charge is -2.28. The van der Waals surface area contributed by atoms with Crippen molar-refractivity contribution in [3.05, 3.63) is 69.9 Å². The van der Waals surface area contributed by atoms with Gasteiger partial charge in [0, 0.05) is 10.7 Å². The number of hydrogen-bond donors (Lipinski definition) is 2. The molecule has 2 N–H and O–H groups in total. The normalized spacial score (nSPS) is 17.8. The molecule has 0 aromatic heterocycles. The number of fused-ring (bicyclic) bond motifs is 1. The summed E-state index contributed by atoms with van der Waals surface area (Å²) in [6, 6.07) is 11.3. The Labute approximate surface area is 166 Å². The van der Waals surface area contributed by atoms with E-state index in [0.29, 0.717) is 33.4 Å². The van der Waals surface area contributed by atoms with E-state index in [1.54, 1.807) is 49.4 Å². The third-order valence-corrected chi connectivity index (χ3v) is 4.86. The van der Waals surface area contributed by atoms with Gasteiger partial charge in [0.05, 0.1) is 11.6 Å². The molecule has 28 heavy (non-hydrogen) atoms. The van der Waals surface area contributed by atoms with E-state index in [4.69, 9.17) is 25.8 Å². The maximum atomic E-state index is 12.8. The van der Waals surface area contributed by atoms with E-state index in [0.717, 1.165) is 5.56 Å². The van der Waals surface area contributed by atoms with Crippen molar-refractivity contribution >= 4 is 23.6 Å². The van der Waals surface area contributed by atoms with Crippen molar-refractivity contribution in [2.45, 2.75) is 19.6 Å². The number of allylic oxidation sites excluding steroid dienone is 1. The van der Waals surface area contributed by atoms with Gasteiger partial charge in [-0.15, -0.1) is 0 Å². The van der Waals surface area contributed by atoms with Gasteiger partial charge in [-0.25, -0.2) is 9.59 Å². The Kier molecular flexibility index (Phi) is 4.83. The number of carbonyl (C=O) groups is 2. The quantitative estimate of drug-likeness (QED) is 0.768. The highest BCUT2D eigenvalue weighted by atomic mass is 35.5. The van der Waals surface area contributed by atoms with Gasteiger partial charge in [0.25, 0.3) is 0 Å². The number of carbonyl (C=O) groups excluding carboxylic acids is 2. The van der Waals surface area contributed by atoms with Crippen LogP contribution in [-0.2, 0) is 16.1 Å². The molecule has 4 rings (SSSR count). The van der Waals surface area contributed by atoms with E-state index in [9.17, 15) is 9.59 Å². The van der Waals surface area contributed by atoms with Gasteiger partial charge in [0.15, 0.2) is 11.5 Å². The van der Waals surface area contributed by atoms with E-state index in [2.05, 4.69) is 10.6 Å². The minimum absolute atomic E-state index is 0.0510. The lowest BCUT2D eigenvalue weighted by atomic mass is 9.95. The van der Waals surface area contributed by atoms with Crippen LogP contribution in [0.15, 0.2) is 53.7 Å². The molecule has 2 aromatic rings. The third kappa shape index (κ3) is 3.48. The smallest absolute Gasteiger partial charge is 0.338 e. The number of benzene rings is 2. The first kappa shape index (κ1) is 18.2. The first-order valence-electron chi connectivity index (χ1n) is 8.61. The fourth-order valence-corrected chi connectivity index (χ4v) is 3.41. The summed E-state index contributed by atoms with van der Waals surface area (Å²) in [7, 11) is 0. The molecule has 0 bridgehead atoms. The second-order valence-electron chi connectivity index (χ2n) is 6.36. The summed E-state index contributed by atoms with van der Waals surface area (Å²) in [4.78, 5) is 24.8. The van der Waals surface area contributed by atoms with Gasteiger partial charge in [-0.2, -0.15) is 0 Å². The van der Waals surface area contributed by atoms with Crippen LogP contribution in [0.4, 0.5) is 4.79 Å². The van der Waals surface area contributed by atoms with Crippen molar-refractivity contribution in [3.63, 3.8) is 0 Å². The standard InChI is InChI=1S/C20H17ClN2O5/c1-11-17(18(23-20(25)22-11)13-4-2-3-5-14(13)21)19(24)26-9-12-6-7-15-16(8-12)28-10-27-15/h2-8,18H,9-10H2,1H3,(H2,22,23,25)/t18-/m0/s1. The van der Waals surface area contributed by atoms with Crippen LogP contribution in [0.25, 0.3) is 0 Å². The Morgan fingerprint density at radius 2 is 2.00 bits per heavy atom. The molecular formula is C20H17ClN2O5. The number of ether oxygens (including phenoxy) is 3. The average molecular weight is 401 g/mol. The minimum atomic E-state index is -0.702. The van der Waals surface area contributed by atoms with Crippen LogP contribution in [0, 0.1) is 0 Å². The predicted octanol–water partition coefficient (Wildman–Crippen LogP) is 3.44. The lowest BCUT2D eigenvalue weighted by Crippen LogP contribution is -2.45. The Balaban J connectivity index is 1.56. The van der Waals surface area contributed by atoms with E-state index < -0.39 is 18.0 Å². The number of esters is 1. The molecule has 0 saturated heterocycles. The predicted molar refractivity (Wildman–Crippen MR) is 101 cm³/mol. The van der Waals surface area contributed by atoms with Gasteiger partial charge in [0.2, 0.25) is 6.79 Å². The molecule has 0 spiro atoms. The summed E-state index contributed by atoms with van der Waals surface area (Å²) in [5, 5.41) is 5.80. The number of halogens is 1. The maximum Gasteiger partial charge on any atom is 0.338 e. The van der Waals surface area contributed by atoms with Gasteiger partial charge in [-0.1, -0.05) is 35.9 Å². The van der Waals surface area contributed by atoms with Crippen LogP contribution >= 0.6 is 11.6 Å². The Bertz CT molecular complexity index is 988. The van der Waals surface area contributed by atoms with Gasteiger partial charge in [-0.3, -0.25) is 0 Å². The Morgan fingerprint density at radius 1 is 1.21 bits per heavy atom. The van der Waals surface area contributed by atoms with E-state index in [1.807, 2.05) is 0 Å². The van der Waals surface area contributed by atoms with E-state index in [1.165, 1.54) is 0 Å². The molecule has 0 unspecified atom stereocenters.